The van der Waals surface area contributed by atoms with Crippen LogP contribution in [0, 0.1) is 0 Å². The topological polar surface area (TPSA) is 34.1 Å². The number of hydrogen-bond donors (Lipinski definition) is 0. The maximum atomic E-state index is 5.66. The Morgan fingerprint density at radius 2 is 1.90 bits per heavy atom. The molecule has 0 N–H and O–H groups in total. The third-order valence-electron chi connectivity index (χ3n) is 3.64. The number of rotatable bonds is 7. The Hall–Kier alpha value is -1.71. The molecule has 1 heterocycles. The maximum absolute atomic E-state index is 5.66. The molecule has 21 heavy (non-hydrogen) atoms. The van der Waals surface area contributed by atoms with Gasteiger partial charge in [0.1, 0.15) is 0 Å². The van der Waals surface area contributed by atoms with E-state index < -0.39 is 0 Å². The van der Waals surface area contributed by atoms with Gasteiger partial charge >= 0.3 is 0 Å². The number of hydrogen-bond acceptors (Lipinski definition) is 3. The van der Waals surface area contributed by atoms with Crippen molar-refractivity contribution >= 4 is 5.84 Å². The summed E-state index contributed by atoms with van der Waals surface area (Å²) in [6, 6.07) is 6.18. The molecular formula is C17H26N2O2. The van der Waals surface area contributed by atoms with Crippen LogP contribution in [-0.2, 0) is 6.42 Å². The Labute approximate surface area is 127 Å². The summed E-state index contributed by atoms with van der Waals surface area (Å²) in [6.07, 6.45) is 3.28. The van der Waals surface area contributed by atoms with E-state index in [0.29, 0.717) is 13.2 Å². The van der Waals surface area contributed by atoms with Crippen molar-refractivity contribution in [3.8, 4) is 11.5 Å². The minimum absolute atomic E-state index is 0.649. The van der Waals surface area contributed by atoms with E-state index in [2.05, 4.69) is 24.1 Å². The lowest BCUT2D eigenvalue weighted by Gasteiger charge is -2.13. The van der Waals surface area contributed by atoms with Crippen LogP contribution >= 0.6 is 0 Å². The molecule has 0 aliphatic carbocycles. The number of benzene rings is 1. The molecule has 0 radical (unpaired) electrons. The van der Waals surface area contributed by atoms with Crippen molar-refractivity contribution in [2.75, 3.05) is 33.4 Å². The summed E-state index contributed by atoms with van der Waals surface area (Å²) >= 11 is 0. The largest absolute Gasteiger partial charge is 0.490 e. The summed E-state index contributed by atoms with van der Waals surface area (Å²) in [6.45, 7) is 7.24. The van der Waals surface area contributed by atoms with E-state index in [1.807, 2.05) is 19.9 Å². The maximum Gasteiger partial charge on any atom is 0.161 e. The lowest BCUT2D eigenvalue weighted by atomic mass is 10.1. The highest BCUT2D eigenvalue weighted by Crippen LogP contribution is 2.28. The van der Waals surface area contributed by atoms with E-state index in [-0.39, 0.29) is 0 Å². The van der Waals surface area contributed by atoms with Crippen LogP contribution in [0.1, 0.15) is 32.3 Å². The van der Waals surface area contributed by atoms with Crippen LogP contribution in [-0.4, -0.2) is 44.1 Å². The Morgan fingerprint density at radius 3 is 2.57 bits per heavy atom. The van der Waals surface area contributed by atoms with E-state index in [9.17, 15) is 0 Å². The zero-order chi connectivity index (χ0) is 15.1. The summed E-state index contributed by atoms with van der Waals surface area (Å²) in [5.74, 6) is 2.90. The SMILES string of the molecule is CCOc1ccc(CCN=C2CCCN2C)cc1OCC. The van der Waals surface area contributed by atoms with Crippen molar-refractivity contribution in [2.45, 2.75) is 33.1 Å². The highest BCUT2D eigenvalue weighted by atomic mass is 16.5. The fourth-order valence-corrected chi connectivity index (χ4v) is 2.56. The first-order chi connectivity index (χ1) is 10.2. The van der Waals surface area contributed by atoms with Gasteiger partial charge in [0.2, 0.25) is 0 Å². The number of ether oxygens (including phenoxy) is 2. The van der Waals surface area contributed by atoms with Crippen molar-refractivity contribution < 1.29 is 9.47 Å². The molecule has 4 heteroatoms. The quantitative estimate of drug-likeness (QED) is 0.773. The normalized spacial score (nSPS) is 16.5. The molecule has 0 amide bonds. The lowest BCUT2D eigenvalue weighted by molar-refractivity contribution is 0.287. The van der Waals surface area contributed by atoms with Crippen molar-refractivity contribution in [1.29, 1.82) is 0 Å². The van der Waals surface area contributed by atoms with Crippen LogP contribution in [0.5, 0.6) is 11.5 Å². The number of likely N-dealkylation sites (tertiary alicyclic amines) is 1. The van der Waals surface area contributed by atoms with Gasteiger partial charge < -0.3 is 14.4 Å². The number of amidine groups is 1. The summed E-state index contributed by atoms with van der Waals surface area (Å²) < 4.78 is 11.2. The average Bonchev–Trinajstić information content (AvgIpc) is 2.88. The van der Waals surface area contributed by atoms with Crippen LogP contribution in [0.2, 0.25) is 0 Å². The van der Waals surface area contributed by atoms with E-state index in [4.69, 9.17) is 14.5 Å². The average molecular weight is 290 g/mol. The molecule has 1 fully saturated rings. The molecule has 0 spiro atoms. The molecular weight excluding hydrogens is 264 g/mol. The first kappa shape index (κ1) is 15.7. The third kappa shape index (κ3) is 4.38. The van der Waals surface area contributed by atoms with Crippen LogP contribution in [0.25, 0.3) is 0 Å². The van der Waals surface area contributed by atoms with Crippen molar-refractivity contribution in [1.82, 2.24) is 4.90 Å². The fourth-order valence-electron chi connectivity index (χ4n) is 2.56. The Kier molecular flexibility index (Phi) is 5.90. The molecule has 1 aromatic rings. The fraction of sp³-hybridized carbons (Fsp3) is 0.588. The summed E-state index contributed by atoms with van der Waals surface area (Å²) in [5.41, 5.74) is 1.24. The van der Waals surface area contributed by atoms with Gasteiger partial charge in [-0.25, -0.2) is 0 Å². The van der Waals surface area contributed by atoms with Gasteiger partial charge in [-0.1, -0.05) is 6.07 Å². The van der Waals surface area contributed by atoms with Crippen molar-refractivity contribution in [3.63, 3.8) is 0 Å². The molecule has 1 saturated heterocycles. The highest BCUT2D eigenvalue weighted by Gasteiger charge is 2.13. The van der Waals surface area contributed by atoms with Gasteiger partial charge in [-0.15, -0.1) is 0 Å². The van der Waals surface area contributed by atoms with E-state index in [0.717, 1.165) is 37.4 Å². The van der Waals surface area contributed by atoms with Gasteiger partial charge in [0.15, 0.2) is 11.5 Å². The van der Waals surface area contributed by atoms with Crippen LogP contribution in [0.15, 0.2) is 23.2 Å². The molecule has 0 saturated carbocycles. The first-order valence-corrected chi connectivity index (χ1v) is 7.87. The van der Waals surface area contributed by atoms with Gasteiger partial charge in [-0.2, -0.15) is 0 Å². The molecule has 1 aliphatic heterocycles. The second-order valence-corrected chi connectivity index (χ2v) is 5.22. The Bertz CT molecular complexity index is 486. The number of aliphatic imine (C=N–C) groups is 1. The van der Waals surface area contributed by atoms with E-state index in [1.165, 1.54) is 17.8 Å². The number of nitrogens with zero attached hydrogens (tertiary/aromatic N) is 2. The van der Waals surface area contributed by atoms with Gasteiger partial charge in [0.05, 0.1) is 19.0 Å². The first-order valence-electron chi connectivity index (χ1n) is 7.87. The summed E-state index contributed by atoms with van der Waals surface area (Å²) in [7, 11) is 2.12. The predicted octanol–water partition coefficient (Wildman–Crippen LogP) is 3.15. The summed E-state index contributed by atoms with van der Waals surface area (Å²) in [5, 5.41) is 0. The Morgan fingerprint density at radius 1 is 1.14 bits per heavy atom. The molecule has 4 nitrogen and oxygen atoms in total. The van der Waals surface area contributed by atoms with E-state index in [1.54, 1.807) is 0 Å². The third-order valence-corrected chi connectivity index (χ3v) is 3.64. The van der Waals surface area contributed by atoms with Gasteiger partial charge in [-0.3, -0.25) is 4.99 Å². The zero-order valence-corrected chi connectivity index (χ0v) is 13.4. The molecule has 0 unspecified atom stereocenters. The second kappa shape index (κ2) is 7.91. The zero-order valence-electron chi connectivity index (χ0n) is 13.4. The monoisotopic (exact) mass is 290 g/mol. The molecule has 1 aromatic carbocycles. The second-order valence-electron chi connectivity index (χ2n) is 5.22. The molecule has 116 valence electrons. The molecule has 0 bridgehead atoms. The summed E-state index contributed by atoms with van der Waals surface area (Å²) in [4.78, 5) is 6.96. The highest BCUT2D eigenvalue weighted by molar-refractivity contribution is 5.83. The van der Waals surface area contributed by atoms with Gasteiger partial charge in [0.25, 0.3) is 0 Å². The Balaban J connectivity index is 1.98. The smallest absolute Gasteiger partial charge is 0.161 e. The molecule has 1 aliphatic rings. The van der Waals surface area contributed by atoms with Gasteiger partial charge in [-0.05, 0) is 44.4 Å². The molecule has 0 atom stereocenters. The molecule has 0 aromatic heterocycles. The van der Waals surface area contributed by atoms with Gasteiger partial charge in [0, 0.05) is 26.6 Å². The minimum Gasteiger partial charge on any atom is -0.490 e. The van der Waals surface area contributed by atoms with Crippen LogP contribution in [0.3, 0.4) is 0 Å². The minimum atomic E-state index is 0.649. The van der Waals surface area contributed by atoms with E-state index >= 15 is 0 Å². The standard InChI is InChI=1S/C17H26N2O2/c1-4-20-15-9-8-14(13-16(15)21-5-2)10-11-18-17-7-6-12-19(17)3/h8-9,13H,4-7,10-12H2,1-3H3. The lowest BCUT2D eigenvalue weighted by Crippen LogP contribution is -2.19. The van der Waals surface area contributed by atoms with Crippen molar-refractivity contribution in [2.24, 2.45) is 4.99 Å². The predicted molar refractivity (Wildman–Crippen MR) is 86.7 cm³/mol. The van der Waals surface area contributed by atoms with Crippen LogP contribution < -0.4 is 9.47 Å². The van der Waals surface area contributed by atoms with Crippen LogP contribution in [0.4, 0.5) is 0 Å². The van der Waals surface area contributed by atoms with Crippen molar-refractivity contribution in [3.05, 3.63) is 23.8 Å². The molecule has 2 rings (SSSR count).